The first kappa shape index (κ1) is 9.92. The molecule has 0 amide bonds. The second kappa shape index (κ2) is 3.86. The Hall–Kier alpha value is -1.62. The summed E-state index contributed by atoms with van der Waals surface area (Å²) in [7, 11) is 0. The highest BCUT2D eigenvalue weighted by Gasteiger charge is 2.24. The molecule has 2 N–H and O–H groups in total. The van der Waals surface area contributed by atoms with Crippen molar-refractivity contribution in [1.82, 2.24) is 0 Å². The van der Waals surface area contributed by atoms with Crippen LogP contribution in [0.2, 0.25) is 0 Å². The van der Waals surface area contributed by atoms with Gasteiger partial charge in [-0.3, -0.25) is 10.1 Å². The van der Waals surface area contributed by atoms with Crippen LogP contribution in [-0.2, 0) is 6.42 Å². The highest BCUT2D eigenvalue weighted by molar-refractivity contribution is 5.46. The number of ether oxygens (including phenoxy) is 1. The quantitative estimate of drug-likeness (QED) is 0.598. The monoisotopic (exact) mass is 208 g/mol. The number of nitro benzene ring substituents is 1. The molecule has 1 atom stereocenters. The van der Waals surface area contributed by atoms with Crippen molar-refractivity contribution in [3.8, 4) is 5.75 Å². The average molecular weight is 208 g/mol. The number of fused-ring (bicyclic) bond motifs is 1. The van der Waals surface area contributed by atoms with Gasteiger partial charge in [-0.25, -0.2) is 0 Å². The Balaban J connectivity index is 2.20. The van der Waals surface area contributed by atoms with Gasteiger partial charge >= 0.3 is 0 Å². The first-order valence-corrected chi connectivity index (χ1v) is 4.84. The van der Waals surface area contributed by atoms with Gasteiger partial charge in [0.15, 0.2) is 0 Å². The molecule has 1 heterocycles. The molecule has 0 saturated heterocycles. The summed E-state index contributed by atoms with van der Waals surface area (Å²) in [6, 6.07) is 4.69. The molecule has 0 saturated carbocycles. The van der Waals surface area contributed by atoms with E-state index in [1.807, 2.05) is 0 Å². The van der Waals surface area contributed by atoms with E-state index in [0.29, 0.717) is 13.0 Å². The van der Waals surface area contributed by atoms with Gasteiger partial charge in [-0.2, -0.15) is 0 Å². The van der Waals surface area contributed by atoms with E-state index in [2.05, 4.69) is 0 Å². The number of benzene rings is 1. The van der Waals surface area contributed by atoms with E-state index in [0.717, 1.165) is 17.7 Å². The summed E-state index contributed by atoms with van der Waals surface area (Å²) in [5, 5.41) is 10.6. The lowest BCUT2D eigenvalue weighted by Crippen LogP contribution is -2.17. The van der Waals surface area contributed by atoms with Crippen LogP contribution in [0.15, 0.2) is 18.2 Å². The lowest BCUT2D eigenvalue weighted by molar-refractivity contribution is -0.384. The van der Waals surface area contributed by atoms with Gasteiger partial charge < -0.3 is 10.5 Å². The van der Waals surface area contributed by atoms with Crippen LogP contribution in [0.5, 0.6) is 5.75 Å². The number of nitro groups is 1. The minimum absolute atomic E-state index is 0.0759. The maximum Gasteiger partial charge on any atom is 0.269 e. The summed E-state index contributed by atoms with van der Waals surface area (Å²) in [5.41, 5.74) is 6.45. The Labute approximate surface area is 87.0 Å². The molecule has 80 valence electrons. The molecule has 0 bridgehead atoms. The highest BCUT2D eigenvalue weighted by Crippen LogP contribution is 2.32. The van der Waals surface area contributed by atoms with Gasteiger partial charge in [-0.05, 0) is 19.0 Å². The van der Waals surface area contributed by atoms with Crippen molar-refractivity contribution in [2.75, 3.05) is 6.54 Å². The van der Waals surface area contributed by atoms with Crippen LogP contribution >= 0.6 is 0 Å². The largest absolute Gasteiger partial charge is 0.490 e. The predicted molar refractivity (Wildman–Crippen MR) is 54.9 cm³/mol. The van der Waals surface area contributed by atoms with Gasteiger partial charge in [0.05, 0.1) is 4.92 Å². The van der Waals surface area contributed by atoms with Gasteiger partial charge in [0.25, 0.3) is 5.69 Å². The lowest BCUT2D eigenvalue weighted by Gasteiger charge is -2.07. The Morgan fingerprint density at radius 1 is 1.60 bits per heavy atom. The molecule has 15 heavy (non-hydrogen) atoms. The van der Waals surface area contributed by atoms with E-state index < -0.39 is 4.92 Å². The minimum atomic E-state index is -0.392. The Morgan fingerprint density at radius 3 is 3.07 bits per heavy atom. The van der Waals surface area contributed by atoms with Crippen molar-refractivity contribution in [2.24, 2.45) is 5.73 Å². The second-order valence-corrected chi connectivity index (χ2v) is 3.57. The van der Waals surface area contributed by atoms with E-state index in [9.17, 15) is 10.1 Å². The third kappa shape index (κ3) is 1.92. The highest BCUT2D eigenvalue weighted by atomic mass is 16.6. The smallest absolute Gasteiger partial charge is 0.269 e. The fraction of sp³-hybridized carbons (Fsp3) is 0.400. The van der Waals surface area contributed by atoms with Crippen molar-refractivity contribution in [3.05, 3.63) is 33.9 Å². The van der Waals surface area contributed by atoms with E-state index in [1.165, 1.54) is 6.07 Å². The van der Waals surface area contributed by atoms with Gasteiger partial charge in [-0.1, -0.05) is 0 Å². The molecular formula is C10H12N2O3. The van der Waals surface area contributed by atoms with Crippen molar-refractivity contribution in [3.63, 3.8) is 0 Å². The zero-order chi connectivity index (χ0) is 10.8. The van der Waals surface area contributed by atoms with Crippen LogP contribution in [0.3, 0.4) is 0 Å². The summed E-state index contributed by atoms with van der Waals surface area (Å²) in [6.07, 6.45) is 1.57. The number of hydrogen-bond donors (Lipinski definition) is 1. The van der Waals surface area contributed by atoms with E-state index in [1.54, 1.807) is 12.1 Å². The summed E-state index contributed by atoms with van der Waals surface area (Å²) in [4.78, 5) is 10.2. The molecule has 0 fully saturated rings. The second-order valence-electron chi connectivity index (χ2n) is 3.57. The van der Waals surface area contributed by atoms with E-state index >= 15 is 0 Å². The molecule has 0 radical (unpaired) electrons. The number of non-ortho nitro benzene ring substituents is 1. The molecule has 5 heteroatoms. The molecule has 5 nitrogen and oxygen atoms in total. The van der Waals surface area contributed by atoms with Crippen LogP contribution in [-0.4, -0.2) is 17.6 Å². The SMILES string of the molecule is NCCC1Cc2cc([N+](=O)[O-])ccc2O1. The zero-order valence-corrected chi connectivity index (χ0v) is 8.18. The van der Waals surface area contributed by atoms with Crippen LogP contribution < -0.4 is 10.5 Å². The number of nitrogens with two attached hydrogens (primary N) is 1. The normalized spacial score (nSPS) is 18.3. The standard InChI is InChI=1S/C10H12N2O3/c11-4-3-9-6-7-5-8(12(13)14)1-2-10(7)15-9/h1-2,5,9H,3-4,6,11H2. The Bertz CT molecular complexity index is 392. The summed E-state index contributed by atoms with van der Waals surface area (Å²) in [5.74, 6) is 0.749. The fourth-order valence-corrected chi connectivity index (χ4v) is 1.77. The number of nitrogens with zero attached hydrogens (tertiary/aromatic N) is 1. The Kier molecular flexibility index (Phi) is 2.55. The number of rotatable bonds is 3. The average Bonchev–Trinajstić information content (AvgIpc) is 2.59. The predicted octanol–water partition coefficient (Wildman–Crippen LogP) is 1.25. The molecule has 1 aliphatic rings. The zero-order valence-electron chi connectivity index (χ0n) is 8.18. The molecule has 1 unspecified atom stereocenters. The third-order valence-electron chi connectivity index (χ3n) is 2.48. The summed E-state index contributed by atoms with van der Waals surface area (Å²) < 4.78 is 5.58. The molecule has 2 rings (SSSR count). The van der Waals surface area contributed by atoms with Crippen LogP contribution in [0.25, 0.3) is 0 Å². The molecule has 0 aromatic heterocycles. The van der Waals surface area contributed by atoms with Crippen LogP contribution in [0.1, 0.15) is 12.0 Å². The van der Waals surface area contributed by atoms with Crippen molar-refractivity contribution < 1.29 is 9.66 Å². The van der Waals surface area contributed by atoms with Crippen molar-refractivity contribution in [2.45, 2.75) is 18.9 Å². The molecule has 1 aromatic rings. The summed E-state index contributed by atoms with van der Waals surface area (Å²) in [6.45, 7) is 0.570. The van der Waals surface area contributed by atoms with Gasteiger partial charge in [0, 0.05) is 24.1 Å². The topological polar surface area (TPSA) is 78.4 Å². The minimum Gasteiger partial charge on any atom is -0.490 e. The maximum atomic E-state index is 10.6. The molecule has 0 aliphatic carbocycles. The molecule has 1 aliphatic heterocycles. The van der Waals surface area contributed by atoms with Crippen LogP contribution in [0, 0.1) is 10.1 Å². The van der Waals surface area contributed by atoms with Crippen molar-refractivity contribution >= 4 is 5.69 Å². The van der Waals surface area contributed by atoms with E-state index in [-0.39, 0.29) is 11.8 Å². The molecule has 0 spiro atoms. The Morgan fingerprint density at radius 2 is 2.40 bits per heavy atom. The van der Waals surface area contributed by atoms with Gasteiger partial charge in [-0.15, -0.1) is 0 Å². The maximum absolute atomic E-state index is 10.6. The third-order valence-corrected chi connectivity index (χ3v) is 2.48. The van der Waals surface area contributed by atoms with Crippen LogP contribution in [0.4, 0.5) is 5.69 Å². The van der Waals surface area contributed by atoms with E-state index in [4.69, 9.17) is 10.5 Å². The lowest BCUT2D eigenvalue weighted by atomic mass is 10.1. The fourth-order valence-electron chi connectivity index (χ4n) is 1.77. The van der Waals surface area contributed by atoms with Gasteiger partial charge in [0.1, 0.15) is 11.9 Å². The molecular weight excluding hydrogens is 196 g/mol. The van der Waals surface area contributed by atoms with Gasteiger partial charge in [0.2, 0.25) is 0 Å². The number of hydrogen-bond acceptors (Lipinski definition) is 4. The van der Waals surface area contributed by atoms with Crippen molar-refractivity contribution in [1.29, 1.82) is 0 Å². The molecule has 1 aromatic carbocycles. The summed E-state index contributed by atoms with van der Waals surface area (Å²) >= 11 is 0. The first-order valence-electron chi connectivity index (χ1n) is 4.84. The first-order chi connectivity index (χ1) is 7.20.